The van der Waals surface area contributed by atoms with Crippen LogP contribution in [-0.2, 0) is 9.53 Å². The molecule has 2 atom stereocenters. The van der Waals surface area contributed by atoms with E-state index in [4.69, 9.17) is 4.74 Å². The highest BCUT2D eigenvalue weighted by Gasteiger charge is 2.63. The molecule has 0 spiro atoms. The van der Waals surface area contributed by atoms with Crippen LogP contribution in [0.3, 0.4) is 0 Å². The Hall–Kier alpha value is -0.410. The van der Waals surface area contributed by atoms with Crippen LogP contribution in [0.15, 0.2) is 0 Å². The second-order valence-electron chi connectivity index (χ2n) is 6.87. The van der Waals surface area contributed by atoms with E-state index in [9.17, 15) is 4.79 Å². The lowest BCUT2D eigenvalue weighted by molar-refractivity contribution is -0.130. The van der Waals surface area contributed by atoms with Crippen molar-refractivity contribution in [2.45, 2.75) is 39.5 Å². The molecule has 1 saturated heterocycles. The number of nitrogens with zero attached hydrogens (tertiary/aromatic N) is 1. The number of rotatable bonds is 3. The number of carbonyl (C=O) groups is 1. The largest absolute Gasteiger partial charge is 0.379 e. The van der Waals surface area contributed by atoms with Crippen LogP contribution in [0.1, 0.15) is 39.5 Å². The molecule has 3 aliphatic rings. The van der Waals surface area contributed by atoms with Gasteiger partial charge in [-0.1, -0.05) is 13.8 Å². The predicted octanol–water partition coefficient (Wildman–Crippen LogP) is 2.10. The minimum absolute atomic E-state index is 0.00400. The number of morpholine rings is 1. The Labute approximate surface area is 110 Å². The van der Waals surface area contributed by atoms with Gasteiger partial charge in [-0.15, -0.1) is 0 Å². The van der Waals surface area contributed by atoms with E-state index in [1.54, 1.807) is 0 Å². The van der Waals surface area contributed by atoms with Crippen LogP contribution in [0.4, 0.5) is 0 Å². The third-order valence-electron chi connectivity index (χ3n) is 6.10. The van der Waals surface area contributed by atoms with Gasteiger partial charge in [0, 0.05) is 24.9 Å². The van der Waals surface area contributed by atoms with Crippen LogP contribution in [-0.4, -0.2) is 43.5 Å². The monoisotopic (exact) mass is 251 g/mol. The summed E-state index contributed by atoms with van der Waals surface area (Å²) in [7, 11) is 0. The highest BCUT2D eigenvalue weighted by molar-refractivity contribution is 5.89. The third-order valence-corrected chi connectivity index (χ3v) is 6.10. The first-order valence-electron chi connectivity index (χ1n) is 7.40. The molecular weight excluding hydrogens is 226 g/mol. The fourth-order valence-electron chi connectivity index (χ4n) is 4.53. The first kappa shape index (κ1) is 12.6. The Morgan fingerprint density at radius 1 is 1.33 bits per heavy atom. The number of fused-ring (bicyclic) bond motifs is 2. The molecule has 2 aliphatic carbocycles. The van der Waals surface area contributed by atoms with Gasteiger partial charge in [0.1, 0.15) is 5.78 Å². The lowest BCUT2D eigenvalue weighted by atomic mass is 9.67. The summed E-state index contributed by atoms with van der Waals surface area (Å²) >= 11 is 0. The molecule has 1 aliphatic heterocycles. The van der Waals surface area contributed by atoms with Crippen molar-refractivity contribution in [3.05, 3.63) is 0 Å². The van der Waals surface area contributed by atoms with Crippen LogP contribution < -0.4 is 0 Å². The van der Waals surface area contributed by atoms with Gasteiger partial charge in [0.25, 0.3) is 0 Å². The third kappa shape index (κ3) is 1.67. The van der Waals surface area contributed by atoms with Crippen LogP contribution in [0.25, 0.3) is 0 Å². The molecule has 2 bridgehead atoms. The van der Waals surface area contributed by atoms with Crippen molar-refractivity contribution in [1.82, 2.24) is 4.90 Å². The van der Waals surface area contributed by atoms with Gasteiger partial charge in [-0.25, -0.2) is 0 Å². The molecular formula is C15H25NO2. The van der Waals surface area contributed by atoms with Gasteiger partial charge in [-0.05, 0) is 37.1 Å². The molecule has 0 aromatic carbocycles. The topological polar surface area (TPSA) is 29.5 Å². The molecule has 3 fully saturated rings. The first-order chi connectivity index (χ1) is 8.56. The number of ketones is 1. The number of hydrogen-bond donors (Lipinski definition) is 0. The summed E-state index contributed by atoms with van der Waals surface area (Å²) < 4.78 is 5.38. The number of Topliss-reactive ketones (excluding diaryl/α,β-unsaturated/α-hetero) is 1. The van der Waals surface area contributed by atoms with E-state index in [0.29, 0.717) is 11.7 Å². The molecule has 1 heterocycles. The van der Waals surface area contributed by atoms with Gasteiger partial charge >= 0.3 is 0 Å². The Bertz CT molecular complexity index is 346. The first-order valence-corrected chi connectivity index (χ1v) is 7.40. The van der Waals surface area contributed by atoms with E-state index in [1.165, 1.54) is 6.42 Å². The molecule has 18 heavy (non-hydrogen) atoms. The maximum Gasteiger partial charge on any atom is 0.139 e. The number of hydrogen-bond acceptors (Lipinski definition) is 3. The average Bonchev–Trinajstić information content (AvgIpc) is 2.72. The molecule has 3 rings (SSSR count). The van der Waals surface area contributed by atoms with Crippen LogP contribution in [0.2, 0.25) is 0 Å². The smallest absolute Gasteiger partial charge is 0.139 e. The Morgan fingerprint density at radius 3 is 2.61 bits per heavy atom. The van der Waals surface area contributed by atoms with Crippen LogP contribution in [0, 0.1) is 16.7 Å². The van der Waals surface area contributed by atoms with Crippen LogP contribution in [0.5, 0.6) is 0 Å². The Kier molecular flexibility index (Phi) is 3.02. The van der Waals surface area contributed by atoms with Gasteiger partial charge in [0.05, 0.1) is 13.2 Å². The zero-order valence-electron chi connectivity index (χ0n) is 11.7. The summed E-state index contributed by atoms with van der Waals surface area (Å²) in [6.07, 6.45) is 4.31. The molecule has 0 amide bonds. The van der Waals surface area contributed by atoms with Crippen molar-refractivity contribution in [1.29, 1.82) is 0 Å². The fraction of sp³-hybridized carbons (Fsp3) is 0.933. The predicted molar refractivity (Wildman–Crippen MR) is 70.4 cm³/mol. The van der Waals surface area contributed by atoms with Crippen molar-refractivity contribution in [3.63, 3.8) is 0 Å². The summed E-state index contributed by atoms with van der Waals surface area (Å²) in [5, 5.41) is 0. The molecule has 3 heteroatoms. The molecule has 0 radical (unpaired) electrons. The maximum atomic E-state index is 12.4. The molecule has 0 N–H and O–H groups in total. The summed E-state index contributed by atoms with van der Waals surface area (Å²) in [5.41, 5.74) is 0.229. The van der Waals surface area contributed by atoms with Crippen molar-refractivity contribution in [2.24, 2.45) is 16.7 Å². The maximum absolute atomic E-state index is 12.4. The highest BCUT2D eigenvalue weighted by Crippen LogP contribution is 2.65. The standard InChI is InChI=1S/C15H25NO2/c1-14(2)12-3-4-15(14,13(17)11-12)5-6-16-7-9-18-10-8-16/h12H,3-11H2,1-2H3. The number of carbonyl (C=O) groups excluding carboxylic acids is 1. The zero-order valence-corrected chi connectivity index (χ0v) is 11.7. The normalized spacial score (nSPS) is 39.4. The van der Waals surface area contributed by atoms with Crippen molar-refractivity contribution in [3.8, 4) is 0 Å². The van der Waals surface area contributed by atoms with Gasteiger partial charge < -0.3 is 4.74 Å². The number of ether oxygens (including phenoxy) is 1. The summed E-state index contributed by atoms with van der Waals surface area (Å²) in [5.74, 6) is 1.20. The zero-order chi connectivity index (χ0) is 12.8. The Morgan fingerprint density at radius 2 is 2.06 bits per heavy atom. The average molecular weight is 251 g/mol. The Balaban J connectivity index is 1.68. The minimum Gasteiger partial charge on any atom is -0.379 e. The summed E-state index contributed by atoms with van der Waals surface area (Å²) in [6, 6.07) is 0. The SMILES string of the molecule is CC1(C)C2CCC1(CCN1CCOCC1)C(=O)C2. The summed E-state index contributed by atoms with van der Waals surface area (Å²) in [4.78, 5) is 14.9. The van der Waals surface area contributed by atoms with Crippen molar-refractivity contribution >= 4 is 5.78 Å². The highest BCUT2D eigenvalue weighted by atomic mass is 16.5. The molecule has 2 unspecified atom stereocenters. The minimum atomic E-state index is -0.00400. The lowest BCUT2D eigenvalue weighted by Crippen LogP contribution is -2.42. The lowest BCUT2D eigenvalue weighted by Gasteiger charge is -2.38. The van der Waals surface area contributed by atoms with E-state index in [-0.39, 0.29) is 10.8 Å². The van der Waals surface area contributed by atoms with Gasteiger partial charge in [0.15, 0.2) is 0 Å². The van der Waals surface area contributed by atoms with Crippen molar-refractivity contribution < 1.29 is 9.53 Å². The molecule has 0 aromatic heterocycles. The second kappa shape index (κ2) is 4.31. The summed E-state index contributed by atoms with van der Waals surface area (Å²) in [6.45, 7) is 9.51. The van der Waals surface area contributed by atoms with E-state index in [0.717, 1.165) is 52.1 Å². The van der Waals surface area contributed by atoms with E-state index in [1.807, 2.05) is 0 Å². The quantitative estimate of drug-likeness (QED) is 0.769. The van der Waals surface area contributed by atoms with Gasteiger partial charge in [0.2, 0.25) is 0 Å². The van der Waals surface area contributed by atoms with Crippen LogP contribution >= 0.6 is 0 Å². The molecule has 2 saturated carbocycles. The van der Waals surface area contributed by atoms with Gasteiger partial charge in [-0.2, -0.15) is 0 Å². The van der Waals surface area contributed by atoms with Gasteiger partial charge in [-0.3, -0.25) is 9.69 Å². The van der Waals surface area contributed by atoms with E-state index in [2.05, 4.69) is 18.7 Å². The second-order valence-corrected chi connectivity index (χ2v) is 6.87. The van der Waals surface area contributed by atoms with E-state index < -0.39 is 0 Å². The van der Waals surface area contributed by atoms with Crippen molar-refractivity contribution in [2.75, 3.05) is 32.8 Å². The molecule has 3 nitrogen and oxygen atoms in total. The molecule has 102 valence electrons. The van der Waals surface area contributed by atoms with E-state index >= 15 is 0 Å². The molecule has 0 aromatic rings. The fourth-order valence-corrected chi connectivity index (χ4v) is 4.53.